The molecule has 13 nitrogen and oxygen atoms in total. The SMILES string of the molecule is CC.CC.[B]C([B])(c1cccc(C(=O)N(C)C)n1)N1CC(n2ncc3c2CN(C)c2c(Nc4cc(NC(=O)C5CC5)nc5cc(C)nn45)cccc2-3)C1. The van der Waals surface area contributed by atoms with Crippen molar-refractivity contribution in [2.45, 2.75) is 65.4 Å². The molecule has 1 aromatic carbocycles. The van der Waals surface area contributed by atoms with E-state index >= 15 is 0 Å². The van der Waals surface area contributed by atoms with Gasteiger partial charge in [-0.1, -0.05) is 45.9 Å². The predicted octanol–water partition coefficient (Wildman–Crippen LogP) is 5.10. The molecule has 2 aliphatic heterocycles. The molecule has 5 aromatic rings. The van der Waals surface area contributed by atoms with E-state index in [1.807, 2.05) is 70.0 Å². The smallest absolute Gasteiger partial charge is 0.271 e. The number of fused-ring (bicyclic) bond motifs is 4. The average Bonchev–Trinajstić information content (AvgIpc) is 3.81. The highest BCUT2D eigenvalue weighted by Crippen LogP contribution is 2.45. The fourth-order valence-electron chi connectivity index (χ4n) is 6.70. The summed E-state index contributed by atoms with van der Waals surface area (Å²) in [6.45, 7) is 11.7. The number of nitrogens with zero attached hydrogens (tertiary/aromatic N) is 9. The minimum atomic E-state index is -1.34. The van der Waals surface area contributed by atoms with E-state index in [0.29, 0.717) is 48.3 Å². The lowest BCUT2D eigenvalue weighted by atomic mass is 9.57. The molecule has 15 heteroatoms. The number of pyridine rings is 1. The molecule has 1 saturated heterocycles. The van der Waals surface area contributed by atoms with Crippen LogP contribution in [-0.4, -0.2) is 101 Å². The Labute approximate surface area is 314 Å². The van der Waals surface area contributed by atoms with Crippen LogP contribution in [-0.2, 0) is 16.7 Å². The van der Waals surface area contributed by atoms with Gasteiger partial charge in [0.15, 0.2) is 5.65 Å². The second-order valence-corrected chi connectivity index (χ2v) is 13.5. The van der Waals surface area contributed by atoms with Crippen LogP contribution in [0.3, 0.4) is 0 Å². The van der Waals surface area contributed by atoms with E-state index < -0.39 is 5.34 Å². The number of aromatic nitrogens is 6. The van der Waals surface area contributed by atoms with E-state index in [4.69, 9.17) is 20.8 Å². The third-order valence-corrected chi connectivity index (χ3v) is 9.52. The van der Waals surface area contributed by atoms with E-state index in [0.717, 1.165) is 46.7 Å². The number of aryl methyl sites for hydroxylation is 1. The standard InChI is InChI=1S/C34H35B2N11O2.2C2H6/c1-19-13-29-40-28(41-32(48)20-11-12-20)14-30(47(29)42-19)39-24-8-5-7-22-23-15-37-46(26(23)18-44(4)31(22)24)21-16-45(17-21)34(35,36)27-10-6-9-25(38-27)33(49)43(2)3;2*1-2/h5-10,13-15,20-21,39H,11-12,16-18H2,1-4H3,(H,40,41,48);2*1-2H3. The minimum absolute atomic E-state index is 0.000894. The number of rotatable bonds is 8. The molecule has 53 heavy (non-hydrogen) atoms. The summed E-state index contributed by atoms with van der Waals surface area (Å²) < 4.78 is 3.84. The Morgan fingerprint density at radius 1 is 0.962 bits per heavy atom. The maximum absolute atomic E-state index is 12.6. The summed E-state index contributed by atoms with van der Waals surface area (Å²) >= 11 is 0. The Hall–Kier alpha value is -5.17. The van der Waals surface area contributed by atoms with Gasteiger partial charge in [-0.2, -0.15) is 14.7 Å². The first-order valence-corrected chi connectivity index (χ1v) is 18.4. The summed E-state index contributed by atoms with van der Waals surface area (Å²) in [5.41, 5.74) is 7.35. The van der Waals surface area contributed by atoms with Crippen molar-refractivity contribution in [2.75, 3.05) is 49.8 Å². The van der Waals surface area contributed by atoms with Gasteiger partial charge in [0.05, 0.1) is 57.2 Å². The molecule has 4 radical (unpaired) electrons. The number of amides is 2. The lowest BCUT2D eigenvalue weighted by molar-refractivity contribution is -0.117. The van der Waals surface area contributed by atoms with Crippen molar-refractivity contribution in [1.29, 1.82) is 0 Å². The highest BCUT2D eigenvalue weighted by Gasteiger charge is 2.41. The summed E-state index contributed by atoms with van der Waals surface area (Å²) in [7, 11) is 18.7. The molecule has 1 aliphatic carbocycles. The molecule has 2 amide bonds. The molecular weight excluding hydrogens is 664 g/mol. The summed E-state index contributed by atoms with van der Waals surface area (Å²) in [6, 6.07) is 15.1. The molecule has 0 spiro atoms. The van der Waals surface area contributed by atoms with E-state index in [1.54, 1.807) is 36.8 Å². The highest BCUT2D eigenvalue weighted by atomic mass is 16.2. The normalized spacial score (nSPS) is 15.2. The largest absolute Gasteiger partial charge is 0.366 e. The summed E-state index contributed by atoms with van der Waals surface area (Å²) in [4.78, 5) is 39.8. The third kappa shape index (κ3) is 7.14. The zero-order valence-electron chi connectivity index (χ0n) is 31.9. The lowest BCUT2D eigenvalue weighted by Gasteiger charge is -2.50. The summed E-state index contributed by atoms with van der Waals surface area (Å²) in [6.07, 6.45) is 3.76. The van der Waals surface area contributed by atoms with Gasteiger partial charge in [0.25, 0.3) is 5.91 Å². The number of likely N-dealkylation sites (tertiary alicyclic amines) is 1. The van der Waals surface area contributed by atoms with Gasteiger partial charge in [-0.05, 0) is 43.3 Å². The lowest BCUT2D eigenvalue weighted by Crippen LogP contribution is -2.60. The molecule has 0 bridgehead atoms. The minimum Gasteiger partial charge on any atom is -0.366 e. The van der Waals surface area contributed by atoms with Gasteiger partial charge in [-0.15, -0.1) is 0 Å². The number of hydrogen-bond donors (Lipinski definition) is 2. The van der Waals surface area contributed by atoms with Crippen molar-refractivity contribution >= 4 is 56.2 Å². The summed E-state index contributed by atoms with van der Waals surface area (Å²) in [5.74, 6) is 1.04. The van der Waals surface area contributed by atoms with Crippen molar-refractivity contribution < 1.29 is 9.59 Å². The van der Waals surface area contributed by atoms with Gasteiger partial charge >= 0.3 is 0 Å². The van der Waals surface area contributed by atoms with Crippen LogP contribution in [0.1, 0.15) is 74.1 Å². The predicted molar refractivity (Wildman–Crippen MR) is 211 cm³/mol. The zero-order valence-corrected chi connectivity index (χ0v) is 31.9. The first-order chi connectivity index (χ1) is 25.5. The Balaban J connectivity index is 0.00000116. The fourth-order valence-corrected chi connectivity index (χ4v) is 6.70. The van der Waals surface area contributed by atoms with Crippen molar-refractivity contribution in [2.24, 2.45) is 5.92 Å². The molecule has 2 fully saturated rings. The van der Waals surface area contributed by atoms with E-state index in [1.165, 1.54) is 4.90 Å². The molecule has 1 saturated carbocycles. The quantitative estimate of drug-likeness (QED) is 0.212. The second-order valence-electron chi connectivity index (χ2n) is 13.5. The van der Waals surface area contributed by atoms with Crippen LogP contribution in [0.5, 0.6) is 0 Å². The van der Waals surface area contributed by atoms with Crippen molar-refractivity contribution in [3.63, 3.8) is 0 Å². The molecule has 6 heterocycles. The number of carbonyl (C=O) groups is 2. The van der Waals surface area contributed by atoms with Crippen molar-refractivity contribution in [1.82, 2.24) is 39.2 Å². The van der Waals surface area contributed by atoms with Gasteiger partial charge in [0, 0.05) is 69.1 Å². The van der Waals surface area contributed by atoms with E-state index in [9.17, 15) is 9.59 Å². The van der Waals surface area contributed by atoms with Crippen molar-refractivity contribution in [3.8, 4) is 11.1 Å². The first-order valence-electron chi connectivity index (χ1n) is 18.4. The molecule has 2 N–H and O–H groups in total. The van der Waals surface area contributed by atoms with E-state index in [2.05, 4.69) is 48.4 Å². The first kappa shape index (κ1) is 37.6. The van der Waals surface area contributed by atoms with Gasteiger partial charge in [0.1, 0.15) is 17.3 Å². The second kappa shape index (κ2) is 15.1. The van der Waals surface area contributed by atoms with Crippen LogP contribution >= 0.6 is 0 Å². The Morgan fingerprint density at radius 2 is 1.68 bits per heavy atom. The Kier molecular flexibility index (Phi) is 10.7. The molecule has 4 aromatic heterocycles. The monoisotopic (exact) mass is 711 g/mol. The molecular formula is C38H47B2N11O2. The number of carbonyl (C=O) groups excluding carboxylic acids is 2. The number of para-hydroxylation sites is 1. The van der Waals surface area contributed by atoms with Crippen LogP contribution in [0.4, 0.5) is 23.0 Å². The third-order valence-electron chi connectivity index (χ3n) is 9.52. The van der Waals surface area contributed by atoms with Gasteiger partial charge in [0.2, 0.25) is 5.91 Å². The number of hydrogen-bond acceptors (Lipinski definition) is 9. The number of anilines is 4. The Bertz CT molecular complexity index is 2130. The zero-order chi connectivity index (χ0) is 38.2. The van der Waals surface area contributed by atoms with Crippen LogP contribution in [0.15, 0.2) is 54.7 Å². The van der Waals surface area contributed by atoms with Gasteiger partial charge in [-0.3, -0.25) is 14.3 Å². The van der Waals surface area contributed by atoms with Crippen LogP contribution in [0.25, 0.3) is 16.8 Å². The van der Waals surface area contributed by atoms with Crippen molar-refractivity contribution in [3.05, 3.63) is 77.5 Å². The van der Waals surface area contributed by atoms with Crippen LogP contribution in [0.2, 0.25) is 0 Å². The van der Waals surface area contributed by atoms with Crippen LogP contribution in [0, 0.1) is 12.8 Å². The average molecular weight is 711 g/mol. The topological polar surface area (TPSA) is 129 Å². The van der Waals surface area contributed by atoms with Gasteiger partial charge in [-0.25, -0.2) is 9.97 Å². The highest BCUT2D eigenvalue weighted by molar-refractivity contribution is 6.39. The molecule has 272 valence electrons. The molecule has 0 atom stereocenters. The maximum Gasteiger partial charge on any atom is 0.271 e. The number of benzene rings is 1. The Morgan fingerprint density at radius 3 is 2.38 bits per heavy atom. The van der Waals surface area contributed by atoms with Gasteiger partial charge < -0.3 is 25.3 Å². The van der Waals surface area contributed by atoms with E-state index in [-0.39, 0.29) is 23.8 Å². The number of nitrogens with one attached hydrogen (secondary N) is 2. The molecule has 8 rings (SSSR count). The maximum atomic E-state index is 12.6. The molecule has 3 aliphatic rings. The fraction of sp³-hybridized carbons (Fsp3) is 0.421. The van der Waals surface area contributed by atoms with Crippen LogP contribution < -0.4 is 15.5 Å². The molecule has 0 unspecified atom stereocenters. The summed E-state index contributed by atoms with van der Waals surface area (Å²) in [5, 5.41) is 14.7.